The van der Waals surface area contributed by atoms with Gasteiger partial charge in [-0.2, -0.15) is 5.10 Å². The number of nitrogens with one attached hydrogen (secondary N) is 1. The van der Waals surface area contributed by atoms with Crippen molar-refractivity contribution in [3.63, 3.8) is 0 Å². The fourth-order valence-corrected chi connectivity index (χ4v) is 1.57. The molecule has 1 atom stereocenters. The third kappa shape index (κ3) is 3.12. The Hall–Kier alpha value is -1.79. The molecule has 0 aliphatic carbocycles. The van der Waals surface area contributed by atoms with E-state index in [4.69, 9.17) is 4.74 Å². The van der Waals surface area contributed by atoms with Crippen molar-refractivity contribution in [2.45, 2.75) is 19.6 Å². The van der Waals surface area contributed by atoms with Crippen LogP contribution >= 0.6 is 0 Å². The van der Waals surface area contributed by atoms with E-state index in [1.165, 1.54) is 12.1 Å². The van der Waals surface area contributed by atoms with Gasteiger partial charge in [0.15, 0.2) is 0 Å². The number of halogens is 1. The predicted octanol–water partition coefficient (Wildman–Crippen LogP) is 1.56. The van der Waals surface area contributed by atoms with Gasteiger partial charge in [0, 0.05) is 13.0 Å². The summed E-state index contributed by atoms with van der Waals surface area (Å²) in [6.45, 7) is 2.14. The molecule has 0 spiro atoms. The van der Waals surface area contributed by atoms with Gasteiger partial charge in [0.1, 0.15) is 11.6 Å². The number of rotatable bonds is 5. The minimum atomic E-state index is -1.13. The molecule has 1 unspecified atom stereocenters. The standard InChI is InChI=1S/C12H14FN3O2/c1-2-18-12(17)11-14-10(15-16-11)7-8-4-3-5-9(13)6-8/h3-6,12,17H,2,7H2,1H3,(H,14,15,16). The van der Waals surface area contributed by atoms with E-state index in [1.54, 1.807) is 19.1 Å². The molecule has 0 saturated carbocycles. The quantitative estimate of drug-likeness (QED) is 0.791. The molecule has 0 fully saturated rings. The number of benzene rings is 1. The van der Waals surface area contributed by atoms with Crippen LogP contribution in [0.5, 0.6) is 0 Å². The normalized spacial score (nSPS) is 12.6. The average Bonchev–Trinajstić information content (AvgIpc) is 2.78. The first-order chi connectivity index (χ1) is 8.69. The van der Waals surface area contributed by atoms with Crippen molar-refractivity contribution in [3.8, 4) is 0 Å². The lowest BCUT2D eigenvalue weighted by Gasteiger charge is -2.04. The van der Waals surface area contributed by atoms with Crippen LogP contribution in [0.25, 0.3) is 0 Å². The number of hydrogen-bond donors (Lipinski definition) is 2. The number of H-pyrrole nitrogens is 1. The zero-order chi connectivity index (χ0) is 13.0. The third-order valence-electron chi connectivity index (χ3n) is 2.36. The Morgan fingerprint density at radius 3 is 3.06 bits per heavy atom. The molecule has 0 aliphatic rings. The molecule has 1 aromatic heterocycles. The summed E-state index contributed by atoms with van der Waals surface area (Å²) in [6, 6.07) is 6.25. The zero-order valence-corrected chi connectivity index (χ0v) is 9.93. The van der Waals surface area contributed by atoms with Gasteiger partial charge in [-0.1, -0.05) is 12.1 Å². The highest BCUT2D eigenvalue weighted by Gasteiger charge is 2.13. The molecule has 2 rings (SSSR count). The maximum absolute atomic E-state index is 13.0. The van der Waals surface area contributed by atoms with Gasteiger partial charge in [0.25, 0.3) is 0 Å². The molecule has 1 aromatic carbocycles. The summed E-state index contributed by atoms with van der Waals surface area (Å²) in [5, 5.41) is 16.1. The van der Waals surface area contributed by atoms with Crippen LogP contribution in [0.3, 0.4) is 0 Å². The predicted molar refractivity (Wildman–Crippen MR) is 62.2 cm³/mol. The topological polar surface area (TPSA) is 71.0 Å². The number of hydrogen-bond acceptors (Lipinski definition) is 4. The van der Waals surface area contributed by atoms with E-state index in [-0.39, 0.29) is 11.6 Å². The molecule has 0 saturated heterocycles. The number of aromatic amines is 1. The van der Waals surface area contributed by atoms with Crippen LogP contribution in [0.4, 0.5) is 4.39 Å². The molecule has 1 heterocycles. The lowest BCUT2D eigenvalue weighted by Crippen LogP contribution is -2.04. The summed E-state index contributed by atoms with van der Waals surface area (Å²) in [5.74, 6) is 0.444. The summed E-state index contributed by atoms with van der Waals surface area (Å²) >= 11 is 0. The molecule has 6 heteroatoms. The highest BCUT2D eigenvalue weighted by molar-refractivity contribution is 5.19. The van der Waals surface area contributed by atoms with E-state index in [0.717, 1.165) is 5.56 Å². The Bertz CT molecular complexity index is 516. The number of aliphatic hydroxyl groups is 1. The van der Waals surface area contributed by atoms with Crippen LogP contribution in [-0.2, 0) is 11.2 Å². The van der Waals surface area contributed by atoms with Crippen molar-refractivity contribution in [3.05, 3.63) is 47.3 Å². The fourth-order valence-electron chi connectivity index (χ4n) is 1.57. The number of nitrogens with zero attached hydrogens (tertiary/aromatic N) is 2. The van der Waals surface area contributed by atoms with Crippen molar-refractivity contribution >= 4 is 0 Å². The molecule has 0 amide bonds. The molecule has 2 aromatic rings. The van der Waals surface area contributed by atoms with E-state index < -0.39 is 6.29 Å². The molecule has 2 N–H and O–H groups in total. The van der Waals surface area contributed by atoms with Crippen LogP contribution in [-0.4, -0.2) is 26.9 Å². The molecular weight excluding hydrogens is 237 g/mol. The van der Waals surface area contributed by atoms with Gasteiger partial charge >= 0.3 is 0 Å². The third-order valence-corrected chi connectivity index (χ3v) is 2.36. The summed E-state index contributed by atoms with van der Waals surface area (Å²) < 4.78 is 18.0. The number of aromatic nitrogens is 3. The summed E-state index contributed by atoms with van der Waals surface area (Å²) in [7, 11) is 0. The van der Waals surface area contributed by atoms with Crippen LogP contribution in [0.1, 0.15) is 30.4 Å². The van der Waals surface area contributed by atoms with Gasteiger partial charge in [0.2, 0.25) is 12.1 Å². The highest BCUT2D eigenvalue weighted by atomic mass is 19.1. The first kappa shape index (κ1) is 12.7. The lowest BCUT2D eigenvalue weighted by atomic mass is 10.1. The fraction of sp³-hybridized carbons (Fsp3) is 0.333. The van der Waals surface area contributed by atoms with Crippen LogP contribution < -0.4 is 0 Å². The van der Waals surface area contributed by atoms with Crippen LogP contribution in [0.2, 0.25) is 0 Å². The van der Waals surface area contributed by atoms with Crippen LogP contribution in [0.15, 0.2) is 24.3 Å². The Morgan fingerprint density at radius 1 is 1.50 bits per heavy atom. The van der Waals surface area contributed by atoms with E-state index in [2.05, 4.69) is 15.2 Å². The minimum absolute atomic E-state index is 0.184. The minimum Gasteiger partial charge on any atom is -0.362 e. The van der Waals surface area contributed by atoms with Crippen molar-refractivity contribution in [2.24, 2.45) is 0 Å². The number of ether oxygens (including phenoxy) is 1. The van der Waals surface area contributed by atoms with Gasteiger partial charge in [-0.15, -0.1) is 0 Å². The van der Waals surface area contributed by atoms with Gasteiger partial charge in [-0.05, 0) is 24.6 Å². The van der Waals surface area contributed by atoms with Crippen LogP contribution in [0, 0.1) is 5.82 Å². The summed E-state index contributed by atoms with van der Waals surface area (Å²) in [4.78, 5) is 4.09. The zero-order valence-electron chi connectivity index (χ0n) is 9.93. The molecule has 96 valence electrons. The van der Waals surface area contributed by atoms with E-state index >= 15 is 0 Å². The lowest BCUT2D eigenvalue weighted by molar-refractivity contribution is -0.103. The molecular formula is C12H14FN3O2. The largest absolute Gasteiger partial charge is 0.362 e. The highest BCUT2D eigenvalue weighted by Crippen LogP contribution is 2.11. The van der Waals surface area contributed by atoms with Gasteiger partial charge in [-0.3, -0.25) is 5.10 Å². The molecule has 5 nitrogen and oxygen atoms in total. The molecule has 0 radical (unpaired) electrons. The van der Waals surface area contributed by atoms with Gasteiger partial charge in [0.05, 0.1) is 0 Å². The first-order valence-electron chi connectivity index (χ1n) is 5.64. The van der Waals surface area contributed by atoms with Crippen molar-refractivity contribution in [2.75, 3.05) is 6.61 Å². The van der Waals surface area contributed by atoms with Gasteiger partial charge in [-0.25, -0.2) is 9.37 Å². The maximum atomic E-state index is 13.0. The molecule has 0 bridgehead atoms. The summed E-state index contributed by atoms with van der Waals surface area (Å²) in [5.41, 5.74) is 0.781. The SMILES string of the molecule is CCOC(O)c1n[nH]c(Cc2cccc(F)c2)n1. The second kappa shape index (κ2) is 5.70. The Balaban J connectivity index is 2.06. The smallest absolute Gasteiger partial charge is 0.218 e. The Morgan fingerprint density at radius 2 is 2.33 bits per heavy atom. The first-order valence-corrected chi connectivity index (χ1v) is 5.64. The Kier molecular flexibility index (Phi) is 4.01. The average molecular weight is 251 g/mol. The van der Waals surface area contributed by atoms with Crippen molar-refractivity contribution in [1.82, 2.24) is 15.2 Å². The second-order valence-corrected chi connectivity index (χ2v) is 3.75. The Labute approximate surface area is 104 Å². The molecule has 18 heavy (non-hydrogen) atoms. The van der Waals surface area contributed by atoms with E-state index in [1.807, 2.05) is 0 Å². The van der Waals surface area contributed by atoms with Gasteiger partial charge < -0.3 is 9.84 Å². The summed E-state index contributed by atoms with van der Waals surface area (Å²) in [6.07, 6.45) is -0.712. The maximum Gasteiger partial charge on any atom is 0.218 e. The van der Waals surface area contributed by atoms with Crippen molar-refractivity contribution in [1.29, 1.82) is 0 Å². The van der Waals surface area contributed by atoms with Crippen molar-refractivity contribution < 1.29 is 14.2 Å². The second-order valence-electron chi connectivity index (χ2n) is 3.75. The number of aliphatic hydroxyl groups excluding tert-OH is 1. The monoisotopic (exact) mass is 251 g/mol. The molecule has 0 aliphatic heterocycles. The van der Waals surface area contributed by atoms with E-state index in [9.17, 15) is 9.50 Å². The van der Waals surface area contributed by atoms with E-state index in [0.29, 0.717) is 18.9 Å².